The Labute approximate surface area is 101 Å². The molecule has 2 aromatic carbocycles. The molecule has 1 N–H and O–H groups in total. The fourth-order valence-corrected chi connectivity index (χ4v) is 1.37. The summed E-state index contributed by atoms with van der Waals surface area (Å²) in [6.45, 7) is 1.60. The van der Waals surface area contributed by atoms with Crippen molar-refractivity contribution in [1.82, 2.24) is 0 Å². The Morgan fingerprint density at radius 1 is 1.18 bits per heavy atom. The zero-order chi connectivity index (χ0) is 12.7. The van der Waals surface area contributed by atoms with Crippen LogP contribution in [0.5, 0.6) is 5.75 Å². The van der Waals surface area contributed by atoms with E-state index in [1.807, 2.05) is 24.3 Å². The van der Waals surface area contributed by atoms with Crippen molar-refractivity contribution in [2.75, 3.05) is 7.11 Å². The van der Waals surface area contributed by atoms with E-state index in [9.17, 15) is 4.79 Å². The van der Waals surface area contributed by atoms with Gasteiger partial charge in [-0.05, 0) is 11.5 Å². The molecular weight excluding hydrogens is 216 g/mol. The molecule has 0 aliphatic heterocycles. The van der Waals surface area contributed by atoms with Gasteiger partial charge in [0.1, 0.15) is 5.75 Å². The van der Waals surface area contributed by atoms with Gasteiger partial charge in [-0.15, -0.1) is 0 Å². The lowest BCUT2D eigenvalue weighted by molar-refractivity contribution is -0.136. The van der Waals surface area contributed by atoms with Crippen molar-refractivity contribution in [3.8, 4) is 5.75 Å². The van der Waals surface area contributed by atoms with Gasteiger partial charge in [-0.1, -0.05) is 43.3 Å². The summed E-state index contributed by atoms with van der Waals surface area (Å²) in [5, 5.41) is 10.1. The van der Waals surface area contributed by atoms with Crippen molar-refractivity contribution in [2.24, 2.45) is 0 Å². The van der Waals surface area contributed by atoms with Gasteiger partial charge in [-0.25, -0.2) is 0 Å². The zero-order valence-electron chi connectivity index (χ0n) is 10.0. The van der Waals surface area contributed by atoms with Crippen molar-refractivity contribution in [1.29, 1.82) is 0 Å². The van der Waals surface area contributed by atoms with Crippen LogP contribution in [0, 0.1) is 0 Å². The first-order valence-electron chi connectivity index (χ1n) is 5.42. The highest BCUT2D eigenvalue weighted by Gasteiger charge is 1.97. The lowest BCUT2D eigenvalue weighted by Gasteiger charge is -2.03. The highest BCUT2D eigenvalue weighted by molar-refractivity contribution is 5.88. The van der Waals surface area contributed by atoms with Gasteiger partial charge in [0, 0.05) is 11.8 Å². The number of methoxy groups -OCH3 is 1. The molecular formula is C14H16O3. The Hall–Kier alpha value is -2.03. The van der Waals surface area contributed by atoms with Gasteiger partial charge in [0.05, 0.1) is 7.11 Å². The number of ether oxygens (including phenoxy) is 1. The lowest BCUT2D eigenvalue weighted by atomic mass is 10.1. The minimum atomic E-state index is -0.745. The summed E-state index contributed by atoms with van der Waals surface area (Å²) >= 11 is 0. The second-order valence-electron chi connectivity index (χ2n) is 3.43. The van der Waals surface area contributed by atoms with Gasteiger partial charge in [0.2, 0.25) is 0 Å². The molecule has 0 amide bonds. The Morgan fingerprint density at radius 3 is 2.35 bits per heavy atom. The third-order valence-electron chi connectivity index (χ3n) is 2.27. The van der Waals surface area contributed by atoms with E-state index in [0.717, 1.165) is 5.75 Å². The molecule has 0 aromatic heterocycles. The summed E-state index contributed by atoms with van der Waals surface area (Å²) < 4.78 is 5.23. The molecule has 0 radical (unpaired) electrons. The molecule has 0 saturated carbocycles. The van der Waals surface area contributed by atoms with E-state index in [0.29, 0.717) is 0 Å². The summed E-state index contributed by atoms with van der Waals surface area (Å²) in [4.78, 5) is 9.37. The van der Waals surface area contributed by atoms with Crippen LogP contribution in [-0.2, 0) is 4.79 Å². The third kappa shape index (κ3) is 3.79. The maximum absolute atomic E-state index is 9.37. The number of fused-ring (bicyclic) bond motifs is 1. The van der Waals surface area contributed by atoms with Crippen LogP contribution < -0.4 is 4.74 Å². The Morgan fingerprint density at radius 2 is 1.76 bits per heavy atom. The summed E-state index contributed by atoms with van der Waals surface area (Å²) in [5.41, 5.74) is 0. The molecule has 0 saturated heterocycles. The number of carboxylic acids is 1. The van der Waals surface area contributed by atoms with Gasteiger partial charge < -0.3 is 9.84 Å². The molecule has 0 spiro atoms. The van der Waals surface area contributed by atoms with E-state index < -0.39 is 5.97 Å². The van der Waals surface area contributed by atoms with Crippen LogP contribution in [-0.4, -0.2) is 18.2 Å². The highest BCUT2D eigenvalue weighted by Crippen LogP contribution is 2.24. The predicted molar refractivity (Wildman–Crippen MR) is 68.4 cm³/mol. The molecule has 0 bridgehead atoms. The number of hydrogen-bond donors (Lipinski definition) is 1. The van der Waals surface area contributed by atoms with Crippen molar-refractivity contribution in [3.05, 3.63) is 42.5 Å². The SMILES string of the molecule is CCC(=O)O.COc1cccc2ccccc12. The molecule has 0 aliphatic rings. The summed E-state index contributed by atoms with van der Waals surface area (Å²) in [7, 11) is 1.70. The number of hydrogen-bond acceptors (Lipinski definition) is 2. The highest BCUT2D eigenvalue weighted by atomic mass is 16.5. The maximum atomic E-state index is 9.37. The number of carbonyl (C=O) groups is 1. The summed E-state index contributed by atoms with van der Waals surface area (Å²) in [6.07, 6.45) is 0.222. The van der Waals surface area contributed by atoms with E-state index in [-0.39, 0.29) is 6.42 Å². The number of carboxylic acid groups (broad SMARTS) is 1. The molecule has 2 rings (SSSR count). The Kier molecular flexibility index (Phi) is 5.01. The Balaban J connectivity index is 0.000000249. The van der Waals surface area contributed by atoms with Crippen molar-refractivity contribution in [3.63, 3.8) is 0 Å². The van der Waals surface area contributed by atoms with Crippen LogP contribution in [0.1, 0.15) is 13.3 Å². The van der Waals surface area contributed by atoms with Gasteiger partial charge in [-0.3, -0.25) is 4.79 Å². The summed E-state index contributed by atoms with van der Waals surface area (Å²) in [6, 6.07) is 14.2. The predicted octanol–water partition coefficient (Wildman–Crippen LogP) is 3.33. The van der Waals surface area contributed by atoms with Crippen LogP contribution in [0.2, 0.25) is 0 Å². The second kappa shape index (κ2) is 6.53. The fraction of sp³-hybridized carbons (Fsp3) is 0.214. The van der Waals surface area contributed by atoms with Crippen molar-refractivity contribution < 1.29 is 14.6 Å². The summed E-state index contributed by atoms with van der Waals surface area (Å²) in [5.74, 6) is 0.193. The van der Waals surface area contributed by atoms with Crippen molar-refractivity contribution in [2.45, 2.75) is 13.3 Å². The minimum Gasteiger partial charge on any atom is -0.496 e. The van der Waals surface area contributed by atoms with Gasteiger partial charge in [-0.2, -0.15) is 0 Å². The van der Waals surface area contributed by atoms with E-state index in [1.54, 1.807) is 14.0 Å². The third-order valence-corrected chi connectivity index (χ3v) is 2.27. The largest absolute Gasteiger partial charge is 0.496 e. The molecule has 0 heterocycles. The van der Waals surface area contributed by atoms with E-state index >= 15 is 0 Å². The van der Waals surface area contributed by atoms with Crippen LogP contribution >= 0.6 is 0 Å². The average molecular weight is 232 g/mol. The van der Waals surface area contributed by atoms with Crippen LogP contribution in [0.4, 0.5) is 0 Å². The molecule has 90 valence electrons. The molecule has 0 fully saturated rings. The fourth-order valence-electron chi connectivity index (χ4n) is 1.37. The van der Waals surface area contributed by atoms with Crippen LogP contribution in [0.3, 0.4) is 0 Å². The normalized spacial score (nSPS) is 9.29. The first-order valence-corrected chi connectivity index (χ1v) is 5.42. The molecule has 17 heavy (non-hydrogen) atoms. The number of benzene rings is 2. The zero-order valence-corrected chi connectivity index (χ0v) is 10.0. The maximum Gasteiger partial charge on any atom is 0.303 e. The molecule has 2 aromatic rings. The monoisotopic (exact) mass is 232 g/mol. The lowest BCUT2D eigenvalue weighted by Crippen LogP contribution is -1.86. The van der Waals surface area contributed by atoms with E-state index in [4.69, 9.17) is 9.84 Å². The number of rotatable bonds is 2. The molecule has 0 atom stereocenters. The first kappa shape index (κ1) is 13.0. The molecule has 3 heteroatoms. The quantitative estimate of drug-likeness (QED) is 0.863. The minimum absolute atomic E-state index is 0.222. The topological polar surface area (TPSA) is 46.5 Å². The van der Waals surface area contributed by atoms with E-state index in [1.165, 1.54) is 10.8 Å². The number of aliphatic carboxylic acids is 1. The smallest absolute Gasteiger partial charge is 0.303 e. The van der Waals surface area contributed by atoms with Gasteiger partial charge in [0.15, 0.2) is 0 Å². The van der Waals surface area contributed by atoms with Crippen molar-refractivity contribution >= 4 is 16.7 Å². The van der Waals surface area contributed by atoms with Crippen LogP contribution in [0.25, 0.3) is 10.8 Å². The molecule has 3 nitrogen and oxygen atoms in total. The molecule has 0 unspecified atom stereocenters. The molecule has 0 aliphatic carbocycles. The second-order valence-corrected chi connectivity index (χ2v) is 3.43. The first-order chi connectivity index (χ1) is 8.19. The van der Waals surface area contributed by atoms with Gasteiger partial charge >= 0.3 is 5.97 Å². The van der Waals surface area contributed by atoms with E-state index in [2.05, 4.69) is 18.2 Å². The van der Waals surface area contributed by atoms with Crippen LogP contribution in [0.15, 0.2) is 42.5 Å². The van der Waals surface area contributed by atoms with Gasteiger partial charge in [0.25, 0.3) is 0 Å². The standard InChI is InChI=1S/C11H10O.C3H6O2/c1-12-11-8-4-6-9-5-2-3-7-10(9)11;1-2-3(4)5/h2-8H,1H3;2H2,1H3,(H,4,5). The Bertz CT molecular complexity index is 486. The average Bonchev–Trinajstić information content (AvgIpc) is 2.38.